The number of nitrogens with one attached hydrogen (secondary N) is 1. The summed E-state index contributed by atoms with van der Waals surface area (Å²) in [6.07, 6.45) is 0. The van der Waals surface area contributed by atoms with E-state index in [0.717, 1.165) is 0 Å². The van der Waals surface area contributed by atoms with E-state index in [2.05, 4.69) is 5.32 Å². The first-order valence-corrected chi connectivity index (χ1v) is 6.47. The van der Waals surface area contributed by atoms with E-state index in [1.165, 1.54) is 6.07 Å². The number of methoxy groups -OCH3 is 1. The fraction of sp³-hybridized carbons (Fsp3) is 0.0714. The third-order valence-electron chi connectivity index (χ3n) is 2.69. The number of rotatable bonds is 3. The van der Waals surface area contributed by atoms with Gasteiger partial charge in [0.1, 0.15) is 5.75 Å². The molecule has 20 heavy (non-hydrogen) atoms. The van der Waals surface area contributed by atoms with Crippen molar-refractivity contribution < 1.29 is 9.53 Å². The number of benzene rings is 2. The molecule has 0 fully saturated rings. The summed E-state index contributed by atoms with van der Waals surface area (Å²) in [6, 6.07) is 9.66. The van der Waals surface area contributed by atoms with Gasteiger partial charge in [0.25, 0.3) is 5.91 Å². The molecule has 0 aliphatic heterocycles. The van der Waals surface area contributed by atoms with Crippen LogP contribution in [0.25, 0.3) is 0 Å². The van der Waals surface area contributed by atoms with Crippen molar-refractivity contribution in [3.8, 4) is 5.75 Å². The number of carbonyl (C=O) groups is 1. The van der Waals surface area contributed by atoms with Crippen LogP contribution in [0.4, 0.5) is 11.4 Å². The predicted molar refractivity (Wildman–Crippen MR) is 81.8 cm³/mol. The van der Waals surface area contributed by atoms with Gasteiger partial charge in [0.2, 0.25) is 0 Å². The molecule has 0 aliphatic carbocycles. The van der Waals surface area contributed by atoms with Crippen LogP contribution >= 0.6 is 23.2 Å². The van der Waals surface area contributed by atoms with Gasteiger partial charge in [-0.15, -0.1) is 0 Å². The van der Waals surface area contributed by atoms with E-state index in [4.69, 9.17) is 33.7 Å². The first-order chi connectivity index (χ1) is 9.51. The SMILES string of the molecule is COc1ccc(NC(=O)c2ccc(Cl)c(Cl)c2)c(N)c1. The van der Waals surface area contributed by atoms with E-state index in [-0.39, 0.29) is 5.91 Å². The molecule has 104 valence electrons. The summed E-state index contributed by atoms with van der Waals surface area (Å²) in [5.74, 6) is 0.301. The zero-order valence-corrected chi connectivity index (χ0v) is 12.1. The van der Waals surface area contributed by atoms with E-state index in [9.17, 15) is 4.79 Å². The number of anilines is 2. The Bertz CT molecular complexity index is 660. The average Bonchev–Trinajstić information content (AvgIpc) is 2.43. The van der Waals surface area contributed by atoms with E-state index in [1.807, 2.05) is 0 Å². The van der Waals surface area contributed by atoms with Crippen LogP contribution in [0, 0.1) is 0 Å². The van der Waals surface area contributed by atoms with Crippen molar-refractivity contribution in [2.45, 2.75) is 0 Å². The fourth-order valence-corrected chi connectivity index (χ4v) is 1.91. The number of hydrogen-bond donors (Lipinski definition) is 2. The Morgan fingerprint density at radius 1 is 1.15 bits per heavy atom. The quantitative estimate of drug-likeness (QED) is 0.847. The highest BCUT2D eigenvalue weighted by Gasteiger charge is 2.10. The Hall–Kier alpha value is -1.91. The van der Waals surface area contributed by atoms with E-state index >= 15 is 0 Å². The number of amides is 1. The molecule has 2 aromatic carbocycles. The van der Waals surface area contributed by atoms with Crippen molar-refractivity contribution in [3.63, 3.8) is 0 Å². The second-order valence-electron chi connectivity index (χ2n) is 4.04. The highest BCUT2D eigenvalue weighted by molar-refractivity contribution is 6.42. The maximum Gasteiger partial charge on any atom is 0.255 e. The lowest BCUT2D eigenvalue weighted by Gasteiger charge is -2.10. The minimum atomic E-state index is -0.319. The Labute approximate surface area is 126 Å². The minimum Gasteiger partial charge on any atom is -0.497 e. The van der Waals surface area contributed by atoms with Crippen LogP contribution in [-0.2, 0) is 0 Å². The van der Waals surface area contributed by atoms with Crippen LogP contribution < -0.4 is 15.8 Å². The van der Waals surface area contributed by atoms with Gasteiger partial charge in [-0.3, -0.25) is 4.79 Å². The highest BCUT2D eigenvalue weighted by Crippen LogP contribution is 2.26. The molecule has 0 aliphatic rings. The lowest BCUT2D eigenvalue weighted by molar-refractivity contribution is 0.102. The molecule has 2 rings (SSSR count). The van der Waals surface area contributed by atoms with Crippen LogP contribution in [0.3, 0.4) is 0 Å². The molecule has 0 aromatic heterocycles. The number of halogens is 2. The molecule has 6 heteroatoms. The number of nitrogens with two attached hydrogens (primary N) is 1. The molecular weight excluding hydrogens is 299 g/mol. The molecule has 1 amide bonds. The first kappa shape index (κ1) is 14.5. The standard InChI is InChI=1S/C14H12Cl2N2O2/c1-20-9-3-5-13(12(17)7-9)18-14(19)8-2-4-10(15)11(16)6-8/h2-7H,17H2,1H3,(H,18,19). The zero-order valence-electron chi connectivity index (χ0n) is 10.6. The van der Waals surface area contributed by atoms with Crippen molar-refractivity contribution in [3.05, 3.63) is 52.0 Å². The summed E-state index contributed by atoms with van der Waals surface area (Å²) >= 11 is 11.7. The molecule has 3 N–H and O–H groups in total. The number of hydrogen-bond acceptors (Lipinski definition) is 3. The highest BCUT2D eigenvalue weighted by atomic mass is 35.5. The third-order valence-corrected chi connectivity index (χ3v) is 3.43. The molecule has 0 saturated carbocycles. The normalized spacial score (nSPS) is 10.2. The third kappa shape index (κ3) is 3.15. The van der Waals surface area contributed by atoms with Gasteiger partial charge >= 0.3 is 0 Å². The lowest BCUT2D eigenvalue weighted by Crippen LogP contribution is -2.13. The van der Waals surface area contributed by atoms with Crippen LogP contribution in [0.2, 0.25) is 10.0 Å². The van der Waals surface area contributed by atoms with Crippen molar-refractivity contribution >= 4 is 40.5 Å². The molecule has 0 bridgehead atoms. The Morgan fingerprint density at radius 3 is 2.50 bits per heavy atom. The zero-order chi connectivity index (χ0) is 14.7. The van der Waals surface area contributed by atoms with Gasteiger partial charge in [-0.05, 0) is 30.3 Å². The summed E-state index contributed by atoms with van der Waals surface area (Å²) in [6.45, 7) is 0. The van der Waals surface area contributed by atoms with Crippen LogP contribution in [-0.4, -0.2) is 13.0 Å². The predicted octanol–water partition coefficient (Wildman–Crippen LogP) is 3.84. The van der Waals surface area contributed by atoms with Gasteiger partial charge in [-0.1, -0.05) is 23.2 Å². The Kier molecular flexibility index (Phi) is 4.37. The average molecular weight is 311 g/mol. The summed E-state index contributed by atoms with van der Waals surface area (Å²) in [7, 11) is 1.54. The lowest BCUT2D eigenvalue weighted by atomic mass is 10.2. The molecule has 0 spiro atoms. The summed E-state index contributed by atoms with van der Waals surface area (Å²) in [5.41, 5.74) is 7.15. The molecule has 0 saturated heterocycles. The second-order valence-corrected chi connectivity index (χ2v) is 4.85. The van der Waals surface area contributed by atoms with Gasteiger partial charge in [0.05, 0.1) is 28.5 Å². The van der Waals surface area contributed by atoms with Gasteiger partial charge in [-0.2, -0.15) is 0 Å². The molecule has 0 unspecified atom stereocenters. The second kappa shape index (κ2) is 6.03. The molecule has 2 aromatic rings. The number of nitrogen functional groups attached to an aromatic ring is 1. The van der Waals surface area contributed by atoms with Crippen LogP contribution in [0.15, 0.2) is 36.4 Å². The van der Waals surface area contributed by atoms with Crippen LogP contribution in [0.1, 0.15) is 10.4 Å². The monoisotopic (exact) mass is 310 g/mol. The van der Waals surface area contributed by atoms with Gasteiger partial charge in [0, 0.05) is 11.6 Å². The van der Waals surface area contributed by atoms with Crippen molar-refractivity contribution in [1.82, 2.24) is 0 Å². The molecule has 0 radical (unpaired) electrons. The largest absolute Gasteiger partial charge is 0.497 e. The molecule has 0 heterocycles. The van der Waals surface area contributed by atoms with Gasteiger partial charge < -0.3 is 15.8 Å². The van der Waals surface area contributed by atoms with Crippen LogP contribution in [0.5, 0.6) is 5.75 Å². The van der Waals surface area contributed by atoms with E-state index in [1.54, 1.807) is 37.4 Å². The summed E-state index contributed by atoms with van der Waals surface area (Å²) in [4.78, 5) is 12.1. The van der Waals surface area contributed by atoms with E-state index in [0.29, 0.717) is 32.7 Å². The molecule has 4 nitrogen and oxygen atoms in total. The maximum absolute atomic E-state index is 12.1. The molecular formula is C14H12Cl2N2O2. The summed E-state index contributed by atoms with van der Waals surface area (Å²) < 4.78 is 5.04. The topological polar surface area (TPSA) is 64.3 Å². The Balaban J connectivity index is 2.21. The molecule has 0 atom stereocenters. The fourth-order valence-electron chi connectivity index (χ4n) is 1.61. The van der Waals surface area contributed by atoms with Crippen molar-refractivity contribution in [1.29, 1.82) is 0 Å². The van der Waals surface area contributed by atoms with Crippen molar-refractivity contribution in [2.24, 2.45) is 0 Å². The Morgan fingerprint density at radius 2 is 1.90 bits per heavy atom. The number of carbonyl (C=O) groups excluding carboxylic acids is 1. The van der Waals surface area contributed by atoms with Gasteiger partial charge in [0.15, 0.2) is 0 Å². The summed E-state index contributed by atoms with van der Waals surface area (Å²) in [5, 5.41) is 3.42. The number of ether oxygens (including phenoxy) is 1. The van der Waals surface area contributed by atoms with Crippen molar-refractivity contribution in [2.75, 3.05) is 18.2 Å². The van der Waals surface area contributed by atoms with Gasteiger partial charge in [-0.25, -0.2) is 0 Å². The minimum absolute atomic E-state index is 0.319. The maximum atomic E-state index is 12.1. The van der Waals surface area contributed by atoms with E-state index < -0.39 is 0 Å². The first-order valence-electron chi connectivity index (χ1n) is 5.71. The smallest absolute Gasteiger partial charge is 0.255 e.